The van der Waals surface area contributed by atoms with Crippen molar-refractivity contribution in [2.24, 2.45) is 0 Å². The van der Waals surface area contributed by atoms with Crippen LogP contribution in [0.3, 0.4) is 0 Å². The first kappa shape index (κ1) is 8.54. The van der Waals surface area contributed by atoms with Crippen LogP contribution in [0.4, 0.5) is 0 Å². The fourth-order valence-corrected chi connectivity index (χ4v) is 0.703. The largest absolute Gasteiger partial charge is 0.373 e. The lowest BCUT2D eigenvalue weighted by Gasteiger charge is -1.92. The van der Waals surface area contributed by atoms with Crippen LogP contribution < -0.4 is 11.2 Å². The second kappa shape index (κ2) is 3.22. The molecule has 12 heavy (non-hydrogen) atoms. The van der Waals surface area contributed by atoms with Gasteiger partial charge in [0.1, 0.15) is 17.6 Å². The molecule has 0 saturated carbocycles. The minimum Gasteiger partial charge on any atom is -0.342 e. The molecule has 7 heteroatoms. The van der Waals surface area contributed by atoms with E-state index in [0.717, 1.165) is 6.07 Å². The van der Waals surface area contributed by atoms with E-state index < -0.39 is 17.2 Å². The molecule has 0 atom stereocenters. The lowest BCUT2D eigenvalue weighted by atomic mass is 10.4. The zero-order valence-electron chi connectivity index (χ0n) is 5.59. The van der Waals surface area contributed by atoms with Gasteiger partial charge in [0.05, 0.1) is 0 Å². The van der Waals surface area contributed by atoms with Crippen molar-refractivity contribution in [2.45, 2.75) is 0 Å². The van der Waals surface area contributed by atoms with Crippen molar-refractivity contribution in [3.8, 4) is 0 Å². The molecule has 0 radical (unpaired) electrons. The number of halogens is 1. The number of carbonyl (C=O) groups is 1. The Balaban J connectivity index is 3.27. The molecule has 2 N–H and O–H groups in total. The number of aromatic amines is 2. The quantitative estimate of drug-likeness (QED) is 0.617. The average molecular weight is 191 g/mol. The normalized spacial score (nSPS) is 9.42. The Morgan fingerprint density at radius 2 is 2.08 bits per heavy atom. The first-order valence-electron chi connectivity index (χ1n) is 2.80. The third kappa shape index (κ3) is 1.73. The number of hydrogen-bond donors (Lipinski definition) is 2. The fourth-order valence-electron chi connectivity index (χ4n) is 0.620. The van der Waals surface area contributed by atoms with E-state index in [4.69, 9.17) is 11.9 Å². The second-order valence-corrected chi connectivity index (χ2v) is 2.02. The van der Waals surface area contributed by atoms with E-state index in [1.165, 1.54) is 0 Å². The van der Waals surface area contributed by atoms with Gasteiger partial charge in [-0.05, 0) is 0 Å². The summed E-state index contributed by atoms with van der Waals surface area (Å²) in [7, 11) is 0. The minimum absolute atomic E-state index is 0.293. The summed E-state index contributed by atoms with van der Waals surface area (Å²) in [6.45, 7) is 0. The molecule has 0 fully saturated rings. The van der Waals surface area contributed by atoms with Crippen LogP contribution in [0, 0.1) is 0 Å². The summed E-state index contributed by atoms with van der Waals surface area (Å²) in [6.07, 6.45) is 0. The molecule has 0 amide bonds. The van der Waals surface area contributed by atoms with Crippen LogP contribution in [0.1, 0.15) is 10.5 Å². The van der Waals surface area contributed by atoms with Crippen LogP contribution in [0.5, 0.6) is 0 Å². The Morgan fingerprint density at radius 1 is 1.42 bits per heavy atom. The number of carbonyl (C=O) groups excluding carboxylic acids is 1. The summed E-state index contributed by atoms with van der Waals surface area (Å²) in [4.78, 5) is 35.7. The smallest absolute Gasteiger partial charge is 0.342 e. The average Bonchev–Trinajstić information content (AvgIpc) is 2.01. The Kier molecular flexibility index (Phi) is 2.29. The number of nitrogens with one attached hydrogen (secondary N) is 2. The zero-order valence-corrected chi connectivity index (χ0v) is 6.34. The summed E-state index contributed by atoms with van der Waals surface area (Å²) in [5.41, 5.74) is -1.78. The predicted molar refractivity (Wildman–Crippen MR) is 39.0 cm³/mol. The van der Waals surface area contributed by atoms with Gasteiger partial charge in [-0.1, -0.05) is 0 Å². The summed E-state index contributed by atoms with van der Waals surface area (Å²) in [6, 6.07) is 0.867. The molecule has 6 nitrogen and oxygen atoms in total. The predicted octanol–water partition coefficient (Wildman–Crippen LogP) is -0.626. The summed E-state index contributed by atoms with van der Waals surface area (Å²) < 4.78 is 3.76. The minimum atomic E-state index is -0.986. The van der Waals surface area contributed by atoms with E-state index in [2.05, 4.69) is 4.29 Å². The number of hydrogen-bond acceptors (Lipinski definition) is 4. The van der Waals surface area contributed by atoms with E-state index in [-0.39, 0.29) is 5.69 Å². The Hall–Kier alpha value is -1.56. The van der Waals surface area contributed by atoms with Crippen LogP contribution >= 0.6 is 11.9 Å². The molecule has 1 rings (SSSR count). The van der Waals surface area contributed by atoms with E-state index in [9.17, 15) is 14.4 Å². The molecule has 0 aliphatic carbocycles. The van der Waals surface area contributed by atoms with Gasteiger partial charge in [0.2, 0.25) is 0 Å². The first-order valence-corrected chi connectivity index (χ1v) is 3.11. The fraction of sp³-hybridized carbons (Fsp3) is 0. The molecule has 0 aliphatic heterocycles. The van der Waals surface area contributed by atoms with Crippen LogP contribution in [0.2, 0.25) is 0 Å². The standard InChI is InChI=1S/C5H3ClN2O4/c6-12-4(10)2-1-3(9)8-5(11)7-2/h1H,(H2,7,8,9,11). The van der Waals surface area contributed by atoms with Crippen LogP contribution in [0.15, 0.2) is 15.7 Å². The Morgan fingerprint density at radius 3 is 2.58 bits per heavy atom. The number of H-pyrrole nitrogens is 2. The van der Waals surface area contributed by atoms with Gasteiger partial charge >= 0.3 is 11.7 Å². The van der Waals surface area contributed by atoms with Gasteiger partial charge in [-0.2, -0.15) is 0 Å². The molecule has 0 aliphatic rings. The Labute approximate surface area is 70.3 Å². The first-order chi connectivity index (χ1) is 5.63. The molecule has 0 unspecified atom stereocenters. The molecule has 1 aromatic heterocycles. The lowest BCUT2D eigenvalue weighted by molar-refractivity contribution is 0.0744. The van der Waals surface area contributed by atoms with E-state index in [1.807, 2.05) is 9.97 Å². The summed E-state index contributed by atoms with van der Waals surface area (Å²) >= 11 is 4.71. The third-order valence-electron chi connectivity index (χ3n) is 1.05. The van der Waals surface area contributed by atoms with Gasteiger partial charge < -0.3 is 9.27 Å². The van der Waals surface area contributed by atoms with Crippen molar-refractivity contribution in [2.75, 3.05) is 0 Å². The van der Waals surface area contributed by atoms with Crippen molar-refractivity contribution in [3.05, 3.63) is 32.6 Å². The molecule has 1 aromatic rings. The van der Waals surface area contributed by atoms with E-state index in [1.54, 1.807) is 0 Å². The number of aromatic nitrogens is 2. The molecular formula is C5H3ClN2O4. The lowest BCUT2D eigenvalue weighted by Crippen LogP contribution is -2.24. The zero-order chi connectivity index (χ0) is 9.14. The third-order valence-corrected chi connectivity index (χ3v) is 1.19. The summed E-state index contributed by atoms with van der Waals surface area (Å²) in [5, 5.41) is 0. The van der Waals surface area contributed by atoms with Gasteiger partial charge in [0, 0.05) is 6.07 Å². The SMILES string of the molecule is O=C(OCl)c1cc(=O)[nH]c(=O)[nH]1. The van der Waals surface area contributed by atoms with E-state index in [0.29, 0.717) is 0 Å². The molecule has 1 heterocycles. The summed E-state index contributed by atoms with van der Waals surface area (Å²) in [5.74, 6) is -0.986. The molecule has 64 valence electrons. The highest BCUT2D eigenvalue weighted by Gasteiger charge is 2.07. The number of rotatable bonds is 1. The van der Waals surface area contributed by atoms with Gasteiger partial charge in [0.15, 0.2) is 0 Å². The van der Waals surface area contributed by atoms with Crippen molar-refractivity contribution < 1.29 is 9.08 Å². The van der Waals surface area contributed by atoms with Crippen LogP contribution in [-0.4, -0.2) is 15.9 Å². The van der Waals surface area contributed by atoms with Gasteiger partial charge in [-0.3, -0.25) is 9.78 Å². The van der Waals surface area contributed by atoms with Gasteiger partial charge in [-0.15, -0.1) is 0 Å². The van der Waals surface area contributed by atoms with E-state index >= 15 is 0 Å². The maximum atomic E-state index is 10.6. The molecule has 0 aromatic carbocycles. The molecular weight excluding hydrogens is 188 g/mol. The highest BCUT2D eigenvalue weighted by Crippen LogP contribution is 1.92. The van der Waals surface area contributed by atoms with Crippen molar-refractivity contribution >= 4 is 17.8 Å². The molecule has 0 spiro atoms. The highest BCUT2D eigenvalue weighted by molar-refractivity contribution is 6.15. The Bertz CT molecular complexity index is 378. The van der Waals surface area contributed by atoms with Crippen molar-refractivity contribution in [1.29, 1.82) is 0 Å². The maximum Gasteiger partial charge on any atom is 0.373 e. The van der Waals surface area contributed by atoms with Crippen molar-refractivity contribution in [3.63, 3.8) is 0 Å². The molecule has 0 saturated heterocycles. The molecule has 0 bridgehead atoms. The van der Waals surface area contributed by atoms with Crippen LogP contribution in [-0.2, 0) is 4.29 Å². The maximum absolute atomic E-state index is 10.6. The second-order valence-electron chi connectivity index (χ2n) is 1.87. The van der Waals surface area contributed by atoms with Gasteiger partial charge in [-0.25, -0.2) is 9.59 Å². The van der Waals surface area contributed by atoms with Gasteiger partial charge in [0.25, 0.3) is 5.56 Å². The van der Waals surface area contributed by atoms with Crippen LogP contribution in [0.25, 0.3) is 0 Å². The topological polar surface area (TPSA) is 92.0 Å². The highest BCUT2D eigenvalue weighted by atomic mass is 35.5. The monoisotopic (exact) mass is 190 g/mol. The van der Waals surface area contributed by atoms with Crippen molar-refractivity contribution in [1.82, 2.24) is 9.97 Å².